The highest BCUT2D eigenvalue weighted by atomic mass is 79.9. The number of fused-ring (bicyclic) bond motifs is 4. The molecule has 0 aliphatic carbocycles. The van der Waals surface area contributed by atoms with E-state index in [0.29, 0.717) is 12.2 Å². The molecule has 2 bridgehead atoms. The Balaban J connectivity index is 1.87. The molecule has 0 unspecified atom stereocenters. The minimum atomic E-state index is -3.87. The minimum absolute atomic E-state index is 0.178. The van der Waals surface area contributed by atoms with Gasteiger partial charge in [0.05, 0.1) is 4.90 Å². The molecule has 2 heterocycles. The number of carbonyl (C=O) groups excluding carboxylic acids is 1. The van der Waals surface area contributed by atoms with E-state index in [2.05, 4.69) is 21.2 Å². The first-order valence-corrected chi connectivity index (χ1v) is 11.1. The molecule has 2 aromatic rings. The van der Waals surface area contributed by atoms with Gasteiger partial charge in [0.25, 0.3) is 0 Å². The SMILES string of the molecule is Cc1ccc(S(=O)(=O)[C@@H]2C(=O)N[C@]3(C)C[C@H]2c2cc(Br)ccc2O3)cc1C. The van der Waals surface area contributed by atoms with E-state index in [1.165, 1.54) is 0 Å². The second-order valence-electron chi connectivity index (χ2n) is 7.53. The molecule has 2 aromatic carbocycles. The van der Waals surface area contributed by atoms with E-state index in [1.54, 1.807) is 31.2 Å². The Morgan fingerprint density at radius 2 is 1.89 bits per heavy atom. The summed E-state index contributed by atoms with van der Waals surface area (Å²) in [6.45, 7) is 5.58. The molecule has 7 heteroatoms. The Morgan fingerprint density at radius 3 is 2.59 bits per heavy atom. The Hall–Kier alpha value is -1.86. The molecule has 27 heavy (non-hydrogen) atoms. The van der Waals surface area contributed by atoms with Crippen LogP contribution in [0.5, 0.6) is 5.75 Å². The Bertz CT molecular complexity index is 1070. The first kappa shape index (κ1) is 18.5. The lowest BCUT2D eigenvalue weighted by Gasteiger charge is -2.46. The number of rotatable bonds is 2. The standard InChI is InChI=1S/C20H20BrNO4S/c1-11-4-6-14(8-12(11)2)27(24,25)18-16-10-20(3,22-19(18)23)26-17-7-5-13(21)9-15(16)17/h4-9,16,18H,10H2,1-3H3,(H,22,23)/t16-,18-,20-/m0/s1. The van der Waals surface area contributed by atoms with Gasteiger partial charge < -0.3 is 10.1 Å². The molecule has 1 fully saturated rings. The maximum absolute atomic E-state index is 13.4. The summed E-state index contributed by atoms with van der Waals surface area (Å²) in [5.41, 5.74) is 1.73. The topological polar surface area (TPSA) is 72.5 Å². The normalized spacial score (nSPS) is 26.7. The monoisotopic (exact) mass is 449 g/mol. The third-order valence-electron chi connectivity index (χ3n) is 5.47. The van der Waals surface area contributed by atoms with Crippen molar-refractivity contribution < 1.29 is 17.9 Å². The number of aryl methyl sites for hydroxylation is 2. The largest absolute Gasteiger partial charge is 0.468 e. The van der Waals surface area contributed by atoms with Crippen LogP contribution in [0.1, 0.15) is 36.0 Å². The summed E-state index contributed by atoms with van der Waals surface area (Å²) in [5, 5.41) is 1.59. The number of halogens is 1. The Kier molecular flexibility index (Phi) is 4.16. The van der Waals surface area contributed by atoms with Crippen molar-refractivity contribution >= 4 is 31.7 Å². The van der Waals surface area contributed by atoms with Crippen LogP contribution in [0.3, 0.4) is 0 Å². The molecule has 5 nitrogen and oxygen atoms in total. The summed E-state index contributed by atoms with van der Waals surface area (Å²) < 4.78 is 33.7. The molecule has 0 spiro atoms. The molecule has 1 saturated heterocycles. The van der Waals surface area contributed by atoms with Gasteiger partial charge >= 0.3 is 0 Å². The third kappa shape index (κ3) is 2.97. The van der Waals surface area contributed by atoms with Crippen LogP contribution in [0.25, 0.3) is 0 Å². The first-order chi connectivity index (χ1) is 12.6. The van der Waals surface area contributed by atoms with Crippen molar-refractivity contribution in [2.45, 2.75) is 49.0 Å². The second-order valence-corrected chi connectivity index (χ2v) is 10.5. The summed E-state index contributed by atoms with van der Waals surface area (Å²) in [5.74, 6) is -0.383. The highest BCUT2D eigenvalue weighted by molar-refractivity contribution is 9.10. The lowest BCUT2D eigenvalue weighted by molar-refractivity contribution is -0.132. The van der Waals surface area contributed by atoms with Crippen molar-refractivity contribution in [1.29, 1.82) is 0 Å². The summed E-state index contributed by atoms with van der Waals surface area (Å²) in [4.78, 5) is 13.1. The average molecular weight is 450 g/mol. The van der Waals surface area contributed by atoms with Crippen molar-refractivity contribution in [3.8, 4) is 5.75 Å². The van der Waals surface area contributed by atoms with E-state index in [-0.39, 0.29) is 4.90 Å². The third-order valence-corrected chi connectivity index (χ3v) is 8.08. The predicted octanol–water partition coefficient (Wildman–Crippen LogP) is 3.62. The van der Waals surface area contributed by atoms with Crippen LogP contribution in [-0.2, 0) is 14.6 Å². The fourth-order valence-electron chi connectivity index (χ4n) is 3.97. The van der Waals surface area contributed by atoms with E-state index in [9.17, 15) is 13.2 Å². The van der Waals surface area contributed by atoms with Crippen LogP contribution >= 0.6 is 15.9 Å². The van der Waals surface area contributed by atoms with Crippen LogP contribution in [0.2, 0.25) is 0 Å². The van der Waals surface area contributed by atoms with E-state index >= 15 is 0 Å². The molecule has 1 amide bonds. The zero-order chi connectivity index (χ0) is 19.6. The van der Waals surface area contributed by atoms with Gasteiger partial charge in [-0.3, -0.25) is 4.79 Å². The van der Waals surface area contributed by atoms with Crippen LogP contribution in [0, 0.1) is 13.8 Å². The lowest BCUT2D eigenvalue weighted by Crippen LogP contribution is -2.63. The number of hydrogen-bond donors (Lipinski definition) is 1. The Morgan fingerprint density at radius 1 is 1.15 bits per heavy atom. The van der Waals surface area contributed by atoms with Gasteiger partial charge in [-0.25, -0.2) is 8.42 Å². The molecule has 3 atom stereocenters. The zero-order valence-electron chi connectivity index (χ0n) is 15.2. The van der Waals surface area contributed by atoms with Crippen molar-refractivity contribution in [2.75, 3.05) is 0 Å². The fraction of sp³-hybridized carbons (Fsp3) is 0.350. The number of carbonyl (C=O) groups is 1. The molecular weight excluding hydrogens is 430 g/mol. The van der Waals surface area contributed by atoms with Crippen molar-refractivity contribution in [3.63, 3.8) is 0 Å². The molecule has 0 radical (unpaired) electrons. The van der Waals surface area contributed by atoms with Crippen LogP contribution < -0.4 is 10.1 Å². The van der Waals surface area contributed by atoms with Crippen LogP contribution in [0.4, 0.5) is 0 Å². The molecule has 0 aromatic heterocycles. The van der Waals surface area contributed by atoms with Gasteiger partial charge in [-0.1, -0.05) is 22.0 Å². The minimum Gasteiger partial charge on any atom is -0.468 e. The molecule has 2 aliphatic rings. The summed E-state index contributed by atoms with van der Waals surface area (Å²) in [6.07, 6.45) is 0.400. The molecule has 142 valence electrons. The second kappa shape index (κ2) is 6.07. The number of nitrogens with one attached hydrogen (secondary N) is 1. The quantitative estimate of drug-likeness (QED) is 0.759. The van der Waals surface area contributed by atoms with Crippen molar-refractivity contribution in [3.05, 3.63) is 57.6 Å². The molecule has 1 N–H and O–H groups in total. The highest BCUT2D eigenvalue weighted by Crippen LogP contribution is 2.47. The number of piperidine rings is 1. The number of amides is 1. The van der Waals surface area contributed by atoms with Crippen molar-refractivity contribution in [1.82, 2.24) is 5.32 Å². The fourth-order valence-corrected chi connectivity index (χ4v) is 6.26. The van der Waals surface area contributed by atoms with Crippen LogP contribution in [-0.4, -0.2) is 25.3 Å². The van der Waals surface area contributed by atoms with Gasteiger partial charge in [0.15, 0.2) is 20.8 Å². The summed E-state index contributed by atoms with van der Waals surface area (Å²) >= 11 is 3.44. The maximum Gasteiger partial charge on any atom is 0.242 e. The van der Waals surface area contributed by atoms with Crippen LogP contribution in [0.15, 0.2) is 45.8 Å². The number of sulfone groups is 1. The first-order valence-electron chi connectivity index (χ1n) is 8.72. The molecule has 0 saturated carbocycles. The van der Waals surface area contributed by atoms with Gasteiger partial charge in [0, 0.05) is 22.4 Å². The van der Waals surface area contributed by atoms with E-state index in [0.717, 1.165) is 21.2 Å². The van der Waals surface area contributed by atoms with E-state index < -0.39 is 32.6 Å². The molecular formula is C20H20BrNO4S. The molecule has 2 aliphatic heterocycles. The molecule has 4 rings (SSSR count). The average Bonchev–Trinajstić information content (AvgIpc) is 2.57. The Labute approximate surface area is 167 Å². The highest BCUT2D eigenvalue weighted by Gasteiger charge is 2.54. The summed E-state index contributed by atoms with van der Waals surface area (Å²) in [6, 6.07) is 10.5. The number of benzene rings is 2. The summed E-state index contributed by atoms with van der Waals surface area (Å²) in [7, 11) is -3.87. The predicted molar refractivity (Wildman–Crippen MR) is 106 cm³/mol. The number of hydrogen-bond acceptors (Lipinski definition) is 4. The van der Waals surface area contributed by atoms with E-state index in [4.69, 9.17) is 4.74 Å². The van der Waals surface area contributed by atoms with Crippen molar-refractivity contribution in [2.24, 2.45) is 0 Å². The van der Waals surface area contributed by atoms with Gasteiger partial charge in [-0.15, -0.1) is 0 Å². The van der Waals surface area contributed by atoms with Gasteiger partial charge in [-0.05, 0) is 62.2 Å². The smallest absolute Gasteiger partial charge is 0.242 e. The van der Waals surface area contributed by atoms with Gasteiger partial charge in [0.2, 0.25) is 5.91 Å². The number of ether oxygens (including phenoxy) is 1. The van der Waals surface area contributed by atoms with Gasteiger partial charge in [0.1, 0.15) is 5.75 Å². The maximum atomic E-state index is 13.4. The zero-order valence-corrected chi connectivity index (χ0v) is 17.6. The van der Waals surface area contributed by atoms with Gasteiger partial charge in [-0.2, -0.15) is 0 Å². The van der Waals surface area contributed by atoms with E-state index in [1.807, 2.05) is 26.0 Å². The lowest BCUT2D eigenvalue weighted by atomic mass is 9.81.